The maximum Gasteiger partial charge on any atom is 0.410 e. The number of carbonyl (C=O) groups is 2. The lowest BCUT2D eigenvalue weighted by atomic mass is 10.0. The van der Waals surface area contributed by atoms with Gasteiger partial charge in [0.05, 0.1) is 30.2 Å². The molecule has 41 heavy (non-hydrogen) atoms. The summed E-state index contributed by atoms with van der Waals surface area (Å²) in [5.41, 5.74) is 2.53. The molecular formula is C33H42N4O4. The van der Waals surface area contributed by atoms with E-state index in [1.54, 1.807) is 11.2 Å². The highest BCUT2D eigenvalue weighted by molar-refractivity contribution is 5.98. The van der Waals surface area contributed by atoms with Crippen LogP contribution >= 0.6 is 0 Å². The van der Waals surface area contributed by atoms with Crippen LogP contribution in [0.15, 0.2) is 67.0 Å². The third kappa shape index (κ3) is 6.81. The summed E-state index contributed by atoms with van der Waals surface area (Å²) in [7, 11) is 0. The van der Waals surface area contributed by atoms with Crippen LogP contribution in [0.1, 0.15) is 75.0 Å². The van der Waals surface area contributed by atoms with Gasteiger partial charge in [-0.05, 0) is 45.6 Å². The number of amides is 2. The second-order valence-corrected chi connectivity index (χ2v) is 12.3. The maximum absolute atomic E-state index is 14.4. The number of aliphatic hydroxyl groups excluding tert-OH is 1. The van der Waals surface area contributed by atoms with Crippen LogP contribution in [-0.4, -0.2) is 73.8 Å². The molecule has 1 saturated carbocycles. The smallest absolute Gasteiger partial charge is 0.410 e. The molecule has 1 aliphatic heterocycles. The van der Waals surface area contributed by atoms with Crippen LogP contribution in [0.5, 0.6) is 0 Å². The molecule has 3 aromatic rings. The van der Waals surface area contributed by atoms with Gasteiger partial charge < -0.3 is 24.2 Å². The molecule has 2 aromatic carbocycles. The second-order valence-electron chi connectivity index (χ2n) is 12.3. The lowest BCUT2D eigenvalue weighted by Gasteiger charge is -2.41. The van der Waals surface area contributed by atoms with Crippen molar-refractivity contribution >= 4 is 12.0 Å². The average Bonchev–Trinajstić information content (AvgIpc) is 3.28. The molecule has 5 rings (SSSR count). The summed E-state index contributed by atoms with van der Waals surface area (Å²) in [5, 5.41) is 11.0. The molecule has 1 aliphatic carbocycles. The van der Waals surface area contributed by atoms with Gasteiger partial charge in [0.2, 0.25) is 0 Å². The molecule has 0 unspecified atom stereocenters. The quantitative estimate of drug-likeness (QED) is 0.405. The number of imidazole rings is 1. The van der Waals surface area contributed by atoms with E-state index in [2.05, 4.69) is 0 Å². The maximum atomic E-state index is 14.4. The predicted octanol–water partition coefficient (Wildman–Crippen LogP) is 5.72. The topological polar surface area (TPSA) is 87.9 Å². The van der Waals surface area contributed by atoms with E-state index in [1.807, 2.05) is 90.9 Å². The standard InChI is InChI=1S/C33H42N4O4/c1-33(2,3)41-32(40)35-19-20-36(26(22-35)21-24-13-7-4-8-14-24)31(39)29-30(25-15-9-5-10-16-25)37(23-34-29)27-17-11-6-12-18-28(27)38/h4-5,7-10,13-16,23,26-28,38H,6,11-12,17-22H2,1-3H3/t26-,27-,28-/m1/s1. The molecule has 2 amide bonds. The first-order valence-corrected chi connectivity index (χ1v) is 14.8. The predicted molar refractivity (Wildman–Crippen MR) is 159 cm³/mol. The number of aliphatic hydroxyl groups is 1. The van der Waals surface area contributed by atoms with Gasteiger partial charge >= 0.3 is 6.09 Å². The molecule has 1 N–H and O–H groups in total. The fraction of sp³-hybridized carbons (Fsp3) is 0.485. The van der Waals surface area contributed by atoms with Gasteiger partial charge in [-0.1, -0.05) is 79.9 Å². The minimum absolute atomic E-state index is 0.133. The van der Waals surface area contributed by atoms with Crippen molar-refractivity contribution in [3.05, 3.63) is 78.2 Å². The van der Waals surface area contributed by atoms with Gasteiger partial charge in [0.15, 0.2) is 5.69 Å². The minimum atomic E-state index is -0.598. The largest absolute Gasteiger partial charge is 0.444 e. The second kappa shape index (κ2) is 12.5. The number of nitrogens with zero attached hydrogens (tertiary/aromatic N) is 4. The van der Waals surface area contributed by atoms with Gasteiger partial charge in [0.1, 0.15) is 5.60 Å². The molecule has 8 nitrogen and oxygen atoms in total. The Morgan fingerprint density at radius 2 is 1.63 bits per heavy atom. The first-order valence-electron chi connectivity index (χ1n) is 14.8. The van der Waals surface area contributed by atoms with Crippen molar-refractivity contribution < 1.29 is 19.4 Å². The normalized spacial score (nSPS) is 21.8. The van der Waals surface area contributed by atoms with E-state index in [9.17, 15) is 14.7 Å². The van der Waals surface area contributed by atoms with Crippen LogP contribution in [0.3, 0.4) is 0 Å². The molecular weight excluding hydrogens is 516 g/mol. The fourth-order valence-corrected chi connectivity index (χ4v) is 6.06. The van der Waals surface area contributed by atoms with Gasteiger partial charge in [-0.2, -0.15) is 0 Å². The van der Waals surface area contributed by atoms with Gasteiger partial charge in [0, 0.05) is 25.2 Å². The summed E-state index contributed by atoms with van der Waals surface area (Å²) in [5.74, 6) is -0.157. The lowest BCUT2D eigenvalue weighted by Crippen LogP contribution is -2.58. The number of hydrogen-bond acceptors (Lipinski definition) is 5. The van der Waals surface area contributed by atoms with Crippen LogP contribution in [0.4, 0.5) is 4.79 Å². The van der Waals surface area contributed by atoms with E-state index in [-0.39, 0.29) is 24.1 Å². The van der Waals surface area contributed by atoms with Crippen molar-refractivity contribution in [3.8, 4) is 11.3 Å². The number of rotatable bonds is 5. The van der Waals surface area contributed by atoms with Crippen LogP contribution in [0, 0.1) is 0 Å². The van der Waals surface area contributed by atoms with E-state index in [1.165, 1.54) is 0 Å². The molecule has 2 fully saturated rings. The van der Waals surface area contributed by atoms with Gasteiger partial charge in [-0.15, -0.1) is 0 Å². The molecule has 3 atom stereocenters. The molecule has 0 bridgehead atoms. The van der Waals surface area contributed by atoms with Crippen LogP contribution < -0.4 is 0 Å². The number of hydrogen-bond donors (Lipinski definition) is 1. The molecule has 0 radical (unpaired) electrons. The van der Waals surface area contributed by atoms with Crippen molar-refractivity contribution in [2.75, 3.05) is 19.6 Å². The summed E-state index contributed by atoms with van der Waals surface area (Å²) < 4.78 is 7.70. The van der Waals surface area contributed by atoms with E-state index in [0.29, 0.717) is 31.7 Å². The first kappa shape index (κ1) is 28.9. The van der Waals surface area contributed by atoms with Crippen molar-refractivity contribution in [2.24, 2.45) is 0 Å². The highest BCUT2D eigenvalue weighted by Gasteiger charge is 2.37. The minimum Gasteiger partial charge on any atom is -0.444 e. The Hall–Kier alpha value is -3.65. The van der Waals surface area contributed by atoms with Crippen LogP contribution in [0.25, 0.3) is 11.3 Å². The van der Waals surface area contributed by atoms with E-state index >= 15 is 0 Å². The zero-order valence-electron chi connectivity index (χ0n) is 24.4. The molecule has 2 heterocycles. The van der Waals surface area contributed by atoms with Crippen LogP contribution in [-0.2, 0) is 11.2 Å². The molecule has 1 saturated heterocycles. The lowest BCUT2D eigenvalue weighted by molar-refractivity contribution is 0.00429. The molecule has 218 valence electrons. The summed E-state index contributed by atoms with van der Waals surface area (Å²) in [6.45, 7) is 6.71. The summed E-state index contributed by atoms with van der Waals surface area (Å²) in [6.07, 6.45) is 6.21. The Kier molecular flexibility index (Phi) is 8.78. The third-order valence-corrected chi connectivity index (χ3v) is 8.05. The zero-order chi connectivity index (χ0) is 29.0. The molecule has 1 aromatic heterocycles. The molecule has 0 spiro atoms. The Morgan fingerprint density at radius 1 is 0.951 bits per heavy atom. The van der Waals surface area contributed by atoms with Gasteiger partial charge in [-0.3, -0.25) is 4.79 Å². The van der Waals surface area contributed by atoms with Gasteiger partial charge in [-0.25, -0.2) is 9.78 Å². The highest BCUT2D eigenvalue weighted by atomic mass is 16.6. The van der Waals surface area contributed by atoms with Crippen molar-refractivity contribution in [2.45, 2.75) is 83.1 Å². The number of carbonyl (C=O) groups excluding carboxylic acids is 2. The highest BCUT2D eigenvalue weighted by Crippen LogP contribution is 2.34. The Labute approximate surface area is 242 Å². The van der Waals surface area contributed by atoms with Crippen molar-refractivity contribution in [1.82, 2.24) is 19.4 Å². The van der Waals surface area contributed by atoms with Gasteiger partial charge in [0.25, 0.3) is 5.91 Å². The van der Waals surface area contributed by atoms with Crippen LogP contribution in [0.2, 0.25) is 0 Å². The fourth-order valence-electron chi connectivity index (χ4n) is 6.06. The first-order chi connectivity index (χ1) is 19.7. The van der Waals surface area contributed by atoms with Crippen molar-refractivity contribution in [1.29, 1.82) is 0 Å². The number of aromatic nitrogens is 2. The molecule has 2 aliphatic rings. The Balaban J connectivity index is 1.49. The number of piperazine rings is 1. The van der Waals surface area contributed by atoms with E-state index in [4.69, 9.17) is 9.72 Å². The van der Waals surface area contributed by atoms with E-state index in [0.717, 1.165) is 48.9 Å². The summed E-state index contributed by atoms with van der Waals surface area (Å²) in [4.78, 5) is 35.7. The summed E-state index contributed by atoms with van der Waals surface area (Å²) >= 11 is 0. The molecule has 8 heteroatoms. The third-order valence-electron chi connectivity index (χ3n) is 8.05. The number of benzene rings is 2. The zero-order valence-corrected chi connectivity index (χ0v) is 24.4. The Bertz CT molecular complexity index is 1320. The summed E-state index contributed by atoms with van der Waals surface area (Å²) in [6, 6.07) is 19.5. The van der Waals surface area contributed by atoms with Crippen molar-refractivity contribution in [3.63, 3.8) is 0 Å². The number of ether oxygens (including phenoxy) is 1. The average molecular weight is 559 g/mol. The Morgan fingerprint density at radius 3 is 2.34 bits per heavy atom. The monoisotopic (exact) mass is 558 g/mol. The SMILES string of the molecule is CC(C)(C)OC(=O)N1CCN(C(=O)c2ncn([C@@H]3CCCCC[C@H]3O)c2-c2ccccc2)[C@H](Cc2ccccc2)C1. The van der Waals surface area contributed by atoms with E-state index < -0.39 is 11.7 Å².